The highest BCUT2D eigenvalue weighted by Crippen LogP contribution is 2.28. The minimum Gasteiger partial charge on any atom is -0.394 e. The Balaban J connectivity index is 1.36. The molecule has 186 valence electrons. The van der Waals surface area contributed by atoms with E-state index in [1.54, 1.807) is 4.57 Å². The molecule has 0 radical (unpaired) electrons. The molecule has 1 aliphatic rings. The molecule has 7 heteroatoms. The number of unbranched alkanes of at least 4 members (excludes halogenated alkanes) is 8. The van der Waals surface area contributed by atoms with E-state index >= 15 is 0 Å². The fourth-order valence-electron chi connectivity index (χ4n) is 4.68. The zero-order valence-corrected chi connectivity index (χ0v) is 20.6. The number of fused-ring (bicyclic) bond motifs is 1. The fourth-order valence-corrected chi connectivity index (χ4v) is 4.68. The molecule has 0 bridgehead atoms. The van der Waals surface area contributed by atoms with Crippen LogP contribution in [0.15, 0.2) is 17.1 Å². The lowest BCUT2D eigenvalue weighted by Crippen LogP contribution is -2.27. The average molecular weight is 462 g/mol. The molecule has 0 amide bonds. The van der Waals surface area contributed by atoms with Crippen LogP contribution in [0.25, 0.3) is 11.0 Å². The Hall–Kier alpha value is -1.70. The van der Waals surface area contributed by atoms with Crippen molar-refractivity contribution in [1.29, 1.82) is 0 Å². The summed E-state index contributed by atoms with van der Waals surface area (Å²) in [7, 11) is 1.99. The Labute approximate surface area is 198 Å². The highest BCUT2D eigenvalue weighted by atomic mass is 16.5. The van der Waals surface area contributed by atoms with Crippen LogP contribution in [-0.2, 0) is 22.9 Å². The Morgan fingerprint density at radius 1 is 1.06 bits per heavy atom. The molecule has 1 N–H and O–H groups in total. The van der Waals surface area contributed by atoms with Gasteiger partial charge in [-0.2, -0.15) is 4.98 Å². The zero-order valence-electron chi connectivity index (χ0n) is 20.6. The van der Waals surface area contributed by atoms with E-state index in [0.717, 1.165) is 49.9 Å². The summed E-state index contributed by atoms with van der Waals surface area (Å²) < 4.78 is 15.1. The predicted molar refractivity (Wildman–Crippen MR) is 132 cm³/mol. The van der Waals surface area contributed by atoms with Crippen LogP contribution in [-0.4, -0.2) is 45.1 Å². The molecule has 0 spiro atoms. The molecule has 2 aromatic heterocycles. The van der Waals surface area contributed by atoms with Gasteiger partial charge in [0.25, 0.3) is 0 Å². The molecule has 1 saturated heterocycles. The van der Waals surface area contributed by atoms with Crippen LogP contribution < -0.4 is 5.69 Å². The molecule has 33 heavy (non-hydrogen) atoms. The average Bonchev–Trinajstić information content (AvgIpc) is 3.41. The molecule has 0 saturated carbocycles. The molecule has 0 aromatic carbocycles. The van der Waals surface area contributed by atoms with Crippen LogP contribution in [0.4, 0.5) is 0 Å². The van der Waals surface area contributed by atoms with Crippen molar-refractivity contribution in [2.45, 2.75) is 103 Å². The Morgan fingerprint density at radius 3 is 2.45 bits per heavy atom. The Kier molecular flexibility index (Phi) is 10.9. The normalized spacial score (nSPS) is 18.5. The number of aliphatic hydroxyl groups excluding tert-OH is 1. The number of aliphatic hydroxyl groups is 1. The quantitative estimate of drug-likeness (QED) is 0.360. The van der Waals surface area contributed by atoms with Crippen molar-refractivity contribution in [1.82, 2.24) is 14.1 Å². The molecule has 0 unspecified atom stereocenters. The maximum absolute atomic E-state index is 12.6. The third kappa shape index (κ3) is 7.66. The Bertz CT molecular complexity index is 892. The first-order valence-electron chi connectivity index (χ1n) is 13.1. The van der Waals surface area contributed by atoms with Gasteiger partial charge in [-0.15, -0.1) is 0 Å². The lowest BCUT2D eigenvalue weighted by molar-refractivity contribution is -0.0243. The molecule has 2 aromatic rings. The van der Waals surface area contributed by atoms with E-state index in [-0.39, 0.29) is 24.6 Å². The van der Waals surface area contributed by atoms with Crippen molar-refractivity contribution in [3.8, 4) is 0 Å². The van der Waals surface area contributed by atoms with Gasteiger partial charge >= 0.3 is 5.69 Å². The third-order valence-corrected chi connectivity index (χ3v) is 6.74. The van der Waals surface area contributed by atoms with Gasteiger partial charge in [0, 0.05) is 37.5 Å². The summed E-state index contributed by atoms with van der Waals surface area (Å²) in [5.74, 6) is 0. The number of aryl methyl sites for hydroxylation is 2. The monoisotopic (exact) mass is 461 g/mol. The van der Waals surface area contributed by atoms with Crippen molar-refractivity contribution in [2.24, 2.45) is 7.05 Å². The highest BCUT2D eigenvalue weighted by Gasteiger charge is 2.27. The maximum atomic E-state index is 12.6. The van der Waals surface area contributed by atoms with E-state index in [2.05, 4.69) is 18.0 Å². The van der Waals surface area contributed by atoms with E-state index in [9.17, 15) is 9.90 Å². The summed E-state index contributed by atoms with van der Waals surface area (Å²) in [5.41, 5.74) is 1.67. The van der Waals surface area contributed by atoms with E-state index in [0.29, 0.717) is 0 Å². The minimum atomic E-state index is -0.331. The lowest BCUT2D eigenvalue weighted by atomic mass is 10.1. The molecular formula is C26H43N3O4. The summed E-state index contributed by atoms with van der Waals surface area (Å²) in [5, 5.41) is 10.3. The lowest BCUT2D eigenvalue weighted by Gasteiger charge is -2.14. The summed E-state index contributed by atoms with van der Waals surface area (Å²) in [6.45, 7) is 4.05. The summed E-state index contributed by atoms with van der Waals surface area (Å²) in [6.07, 6.45) is 16.3. The number of nitrogens with zero attached hydrogens (tertiary/aromatic N) is 3. The first-order valence-corrected chi connectivity index (χ1v) is 13.1. The first kappa shape index (κ1) is 25.9. The number of ether oxygens (including phenoxy) is 2. The number of hydrogen-bond donors (Lipinski definition) is 1. The fraction of sp³-hybridized carbons (Fsp3) is 0.769. The SMILES string of the molecule is CCCCCOCCCCCCCCCc1cc2cn([C@@H]3CC[C@H](CO)O3)c(=O)nc2n1C. The molecule has 0 aliphatic carbocycles. The molecule has 7 nitrogen and oxygen atoms in total. The second-order valence-electron chi connectivity index (χ2n) is 9.42. The Morgan fingerprint density at radius 2 is 1.76 bits per heavy atom. The highest BCUT2D eigenvalue weighted by molar-refractivity contribution is 5.76. The van der Waals surface area contributed by atoms with Crippen molar-refractivity contribution in [2.75, 3.05) is 19.8 Å². The molecule has 2 atom stereocenters. The second kappa shape index (κ2) is 13.9. The third-order valence-electron chi connectivity index (χ3n) is 6.74. The van der Waals surface area contributed by atoms with Gasteiger partial charge in [-0.25, -0.2) is 4.79 Å². The molecule has 1 fully saturated rings. The van der Waals surface area contributed by atoms with Crippen LogP contribution in [0.2, 0.25) is 0 Å². The molecule has 1 aliphatic heterocycles. The predicted octanol–water partition coefficient (Wildman–Crippen LogP) is 4.88. The van der Waals surface area contributed by atoms with Crippen LogP contribution in [0.5, 0.6) is 0 Å². The van der Waals surface area contributed by atoms with Crippen LogP contribution in [0, 0.1) is 0 Å². The zero-order chi connectivity index (χ0) is 23.5. The van der Waals surface area contributed by atoms with Gasteiger partial charge in [-0.05, 0) is 44.6 Å². The van der Waals surface area contributed by atoms with E-state index < -0.39 is 0 Å². The van der Waals surface area contributed by atoms with Gasteiger partial charge in [0.05, 0.1) is 12.7 Å². The standard InChI is InChI=1S/C26H43N3O4/c1-3-4-11-16-32-17-12-9-7-5-6-8-10-13-22-18-21-19-29(24-15-14-23(20-30)33-24)26(31)27-25(21)28(22)2/h18-19,23-24,30H,3-17,20H2,1-2H3/t23-,24+/m1/s1. The number of rotatable bonds is 16. The van der Waals surface area contributed by atoms with Crippen molar-refractivity contribution in [3.63, 3.8) is 0 Å². The van der Waals surface area contributed by atoms with Crippen LogP contribution >= 0.6 is 0 Å². The van der Waals surface area contributed by atoms with Gasteiger partial charge in [-0.3, -0.25) is 4.57 Å². The summed E-state index contributed by atoms with van der Waals surface area (Å²) in [4.78, 5) is 16.9. The second-order valence-corrected chi connectivity index (χ2v) is 9.42. The van der Waals surface area contributed by atoms with Gasteiger partial charge in [0.15, 0.2) is 0 Å². The summed E-state index contributed by atoms with van der Waals surface area (Å²) in [6, 6.07) is 2.15. The summed E-state index contributed by atoms with van der Waals surface area (Å²) >= 11 is 0. The maximum Gasteiger partial charge on any atom is 0.351 e. The topological polar surface area (TPSA) is 78.5 Å². The molecular weight excluding hydrogens is 418 g/mol. The van der Waals surface area contributed by atoms with E-state index in [1.165, 1.54) is 63.5 Å². The minimum absolute atomic E-state index is 0.00997. The van der Waals surface area contributed by atoms with Crippen LogP contribution in [0.1, 0.15) is 95.9 Å². The largest absolute Gasteiger partial charge is 0.394 e. The van der Waals surface area contributed by atoms with E-state index in [4.69, 9.17) is 9.47 Å². The van der Waals surface area contributed by atoms with Crippen molar-refractivity contribution >= 4 is 11.0 Å². The number of aromatic nitrogens is 3. The van der Waals surface area contributed by atoms with Crippen molar-refractivity contribution in [3.05, 3.63) is 28.4 Å². The molecule has 3 rings (SSSR count). The van der Waals surface area contributed by atoms with Gasteiger partial charge in [-0.1, -0.05) is 51.9 Å². The number of hydrogen-bond acceptors (Lipinski definition) is 5. The van der Waals surface area contributed by atoms with Crippen molar-refractivity contribution < 1.29 is 14.6 Å². The van der Waals surface area contributed by atoms with Gasteiger partial charge < -0.3 is 19.1 Å². The molecule has 3 heterocycles. The van der Waals surface area contributed by atoms with E-state index in [1.807, 2.05) is 17.8 Å². The van der Waals surface area contributed by atoms with Crippen LogP contribution in [0.3, 0.4) is 0 Å². The van der Waals surface area contributed by atoms with Gasteiger partial charge in [0.2, 0.25) is 0 Å². The smallest absolute Gasteiger partial charge is 0.351 e. The first-order chi connectivity index (χ1) is 16.1. The van der Waals surface area contributed by atoms with Gasteiger partial charge in [0.1, 0.15) is 11.9 Å².